The van der Waals surface area contributed by atoms with Crippen LogP contribution in [0.3, 0.4) is 0 Å². The molecule has 0 saturated carbocycles. The molecule has 230 valence electrons. The molecule has 0 saturated heterocycles. The summed E-state index contributed by atoms with van der Waals surface area (Å²) in [6, 6.07) is 21.7. The van der Waals surface area contributed by atoms with Gasteiger partial charge < -0.3 is 37.9 Å². The highest BCUT2D eigenvalue weighted by atomic mass is 16.5. The van der Waals surface area contributed by atoms with Crippen LogP contribution in [-0.4, -0.2) is 54.6 Å². The van der Waals surface area contributed by atoms with E-state index < -0.39 is 11.9 Å². The monoisotopic (exact) mass is 602 g/mol. The molecule has 0 radical (unpaired) electrons. The van der Waals surface area contributed by atoms with Gasteiger partial charge in [0.2, 0.25) is 11.5 Å². The van der Waals surface area contributed by atoms with E-state index in [-0.39, 0.29) is 70.0 Å². The minimum Gasteiger partial charge on any atom is -0.493 e. The Hall–Kier alpha value is -5.38. The fraction of sp³-hybridized carbons (Fsp3) is 0.235. The molecule has 10 heteroatoms. The summed E-state index contributed by atoms with van der Waals surface area (Å²) >= 11 is 0. The van der Waals surface area contributed by atoms with Crippen LogP contribution >= 0.6 is 0 Å². The lowest BCUT2D eigenvalue weighted by molar-refractivity contribution is 0.0589. The zero-order chi connectivity index (χ0) is 31.6. The van der Waals surface area contributed by atoms with Gasteiger partial charge in [-0.05, 0) is 23.3 Å². The van der Waals surface area contributed by atoms with Crippen LogP contribution in [0.15, 0.2) is 72.8 Å². The minimum atomic E-state index is -0.731. The highest BCUT2D eigenvalue weighted by molar-refractivity contribution is 6.08. The van der Waals surface area contributed by atoms with Gasteiger partial charge in [0.1, 0.15) is 13.2 Å². The van der Waals surface area contributed by atoms with Gasteiger partial charge in [0.25, 0.3) is 0 Å². The molecule has 0 heterocycles. The molecule has 0 atom stereocenters. The first-order valence-electron chi connectivity index (χ1n) is 13.5. The number of esters is 2. The lowest BCUT2D eigenvalue weighted by Gasteiger charge is -2.25. The van der Waals surface area contributed by atoms with Gasteiger partial charge in [0.15, 0.2) is 23.0 Å². The van der Waals surface area contributed by atoms with Crippen LogP contribution in [0.4, 0.5) is 0 Å². The average molecular weight is 603 g/mol. The van der Waals surface area contributed by atoms with Crippen molar-refractivity contribution in [3.05, 3.63) is 95.1 Å². The molecule has 0 aliphatic carbocycles. The van der Waals surface area contributed by atoms with Gasteiger partial charge >= 0.3 is 11.9 Å². The Morgan fingerprint density at radius 3 is 1.16 bits per heavy atom. The highest BCUT2D eigenvalue weighted by Crippen LogP contribution is 2.54. The fourth-order valence-corrected chi connectivity index (χ4v) is 4.70. The highest BCUT2D eigenvalue weighted by Gasteiger charge is 2.34. The molecule has 0 spiro atoms. The summed E-state index contributed by atoms with van der Waals surface area (Å²) in [5.41, 5.74) is 1.96. The molecule has 0 N–H and O–H groups in total. The van der Waals surface area contributed by atoms with Gasteiger partial charge in [-0.25, -0.2) is 9.59 Å². The lowest BCUT2D eigenvalue weighted by Crippen LogP contribution is -2.13. The minimum absolute atomic E-state index is 0.00939. The summed E-state index contributed by atoms with van der Waals surface area (Å²) in [4.78, 5) is 26.9. The number of hydrogen-bond acceptors (Lipinski definition) is 10. The largest absolute Gasteiger partial charge is 0.493 e. The van der Waals surface area contributed by atoms with Crippen molar-refractivity contribution in [1.29, 1.82) is 0 Å². The number of carbonyl (C=O) groups excluding carboxylic acids is 2. The molecule has 0 fully saturated rings. The van der Waals surface area contributed by atoms with Gasteiger partial charge in [0.05, 0.1) is 53.8 Å². The van der Waals surface area contributed by atoms with Gasteiger partial charge in [0, 0.05) is 11.1 Å². The Kier molecular flexibility index (Phi) is 10.5. The molecular weight excluding hydrogens is 568 g/mol. The van der Waals surface area contributed by atoms with Gasteiger partial charge in [-0.1, -0.05) is 60.7 Å². The number of benzene rings is 4. The van der Waals surface area contributed by atoms with E-state index in [0.29, 0.717) is 0 Å². The van der Waals surface area contributed by atoms with Crippen molar-refractivity contribution in [3.8, 4) is 45.6 Å². The maximum atomic E-state index is 13.4. The van der Waals surface area contributed by atoms with Crippen LogP contribution in [-0.2, 0) is 22.7 Å². The lowest BCUT2D eigenvalue weighted by atomic mass is 9.91. The molecular formula is C34H34O10. The molecule has 44 heavy (non-hydrogen) atoms. The smallest absolute Gasteiger partial charge is 0.338 e. The second kappa shape index (κ2) is 14.7. The average Bonchev–Trinajstić information content (AvgIpc) is 3.08. The van der Waals surface area contributed by atoms with Crippen LogP contribution in [0, 0.1) is 0 Å². The Labute approximate surface area is 255 Å². The Morgan fingerprint density at radius 1 is 0.500 bits per heavy atom. The van der Waals surface area contributed by atoms with Gasteiger partial charge in [-0.15, -0.1) is 0 Å². The van der Waals surface area contributed by atoms with E-state index in [4.69, 9.17) is 37.9 Å². The Morgan fingerprint density at radius 2 is 0.864 bits per heavy atom. The zero-order valence-corrected chi connectivity index (χ0v) is 25.4. The summed E-state index contributed by atoms with van der Waals surface area (Å²) < 4.78 is 45.9. The van der Waals surface area contributed by atoms with E-state index in [1.54, 1.807) is 0 Å². The molecule has 0 aromatic heterocycles. The third-order valence-electron chi connectivity index (χ3n) is 6.76. The van der Waals surface area contributed by atoms with Gasteiger partial charge in [-0.2, -0.15) is 0 Å². The van der Waals surface area contributed by atoms with E-state index in [1.165, 1.54) is 54.8 Å². The van der Waals surface area contributed by atoms with Crippen LogP contribution in [0.1, 0.15) is 31.8 Å². The van der Waals surface area contributed by atoms with E-state index in [2.05, 4.69) is 0 Å². The second-order valence-electron chi connectivity index (χ2n) is 9.26. The normalized spacial score (nSPS) is 10.4. The van der Waals surface area contributed by atoms with Crippen molar-refractivity contribution in [3.63, 3.8) is 0 Å². The standard InChI is InChI=1S/C34H34O10/c1-37-25-17-23(33(35)41-5)27(31(29(25)39-3)43-19-21-13-9-7-10-14-21)28-24(34(36)42-6)18-26(38-2)30(40-4)32(28)44-20-22-15-11-8-12-16-22/h7-18H,19-20H2,1-6H3. The molecule has 0 amide bonds. The first kappa shape index (κ1) is 31.6. The van der Waals surface area contributed by atoms with Gasteiger partial charge in [-0.3, -0.25) is 0 Å². The Bertz CT molecular complexity index is 1480. The Balaban J connectivity index is 2.14. The van der Waals surface area contributed by atoms with E-state index in [9.17, 15) is 9.59 Å². The van der Waals surface area contributed by atoms with Crippen LogP contribution in [0.5, 0.6) is 34.5 Å². The predicted molar refractivity (Wildman–Crippen MR) is 162 cm³/mol. The molecule has 0 aliphatic heterocycles. The number of ether oxygens (including phenoxy) is 8. The quantitative estimate of drug-likeness (QED) is 0.166. The van der Waals surface area contributed by atoms with Crippen LogP contribution < -0.4 is 28.4 Å². The van der Waals surface area contributed by atoms with E-state index >= 15 is 0 Å². The molecule has 4 rings (SSSR count). The summed E-state index contributed by atoms with van der Waals surface area (Å²) in [6.45, 7) is 0.165. The number of hydrogen-bond donors (Lipinski definition) is 0. The van der Waals surface area contributed by atoms with Crippen molar-refractivity contribution in [2.45, 2.75) is 13.2 Å². The summed E-state index contributed by atoms with van der Waals surface area (Å²) in [7, 11) is 8.25. The maximum Gasteiger partial charge on any atom is 0.338 e. The molecule has 4 aromatic rings. The first-order valence-corrected chi connectivity index (χ1v) is 13.5. The van der Waals surface area contributed by atoms with Crippen molar-refractivity contribution < 1.29 is 47.5 Å². The number of rotatable bonds is 13. The van der Waals surface area contributed by atoms with Crippen molar-refractivity contribution >= 4 is 11.9 Å². The van der Waals surface area contributed by atoms with Crippen molar-refractivity contribution in [1.82, 2.24) is 0 Å². The van der Waals surface area contributed by atoms with Crippen molar-refractivity contribution in [2.75, 3.05) is 42.7 Å². The summed E-state index contributed by atoms with van der Waals surface area (Å²) in [6.07, 6.45) is 0. The molecule has 0 aliphatic rings. The van der Waals surface area contributed by atoms with Crippen LogP contribution in [0.2, 0.25) is 0 Å². The van der Waals surface area contributed by atoms with Crippen LogP contribution in [0.25, 0.3) is 11.1 Å². The van der Waals surface area contributed by atoms with E-state index in [0.717, 1.165) is 11.1 Å². The number of methoxy groups -OCH3 is 6. The maximum absolute atomic E-state index is 13.4. The SMILES string of the molecule is COC(=O)c1cc(OC)c(OC)c(OCc2ccccc2)c1-c1c(C(=O)OC)cc(OC)c(OC)c1OCc1ccccc1. The topological polar surface area (TPSA) is 108 Å². The fourth-order valence-electron chi connectivity index (χ4n) is 4.70. The third-order valence-corrected chi connectivity index (χ3v) is 6.76. The molecule has 10 nitrogen and oxygen atoms in total. The molecule has 4 aromatic carbocycles. The third kappa shape index (κ3) is 6.49. The number of carbonyl (C=O) groups is 2. The molecule has 0 bridgehead atoms. The summed E-state index contributed by atoms with van der Waals surface area (Å²) in [5, 5.41) is 0. The van der Waals surface area contributed by atoms with Crippen molar-refractivity contribution in [2.24, 2.45) is 0 Å². The first-order chi connectivity index (χ1) is 21.4. The summed E-state index contributed by atoms with van der Waals surface area (Å²) in [5.74, 6) is -0.527. The molecule has 0 unspecified atom stereocenters. The zero-order valence-electron chi connectivity index (χ0n) is 25.4. The van der Waals surface area contributed by atoms with E-state index in [1.807, 2.05) is 60.7 Å². The predicted octanol–water partition coefficient (Wildman–Crippen LogP) is 6.12. The second-order valence-corrected chi connectivity index (χ2v) is 9.26.